The van der Waals surface area contributed by atoms with Gasteiger partial charge in [0.15, 0.2) is 5.96 Å². The summed E-state index contributed by atoms with van der Waals surface area (Å²) >= 11 is 0. The molecular weight excluding hydrogens is 493 g/mol. The van der Waals surface area contributed by atoms with Crippen LogP contribution in [-0.2, 0) is 14.8 Å². The molecule has 164 valence electrons. The first-order valence-corrected chi connectivity index (χ1v) is 11.6. The fourth-order valence-electron chi connectivity index (χ4n) is 3.54. The number of aliphatic imine (C=N–C) groups is 1. The molecule has 28 heavy (non-hydrogen) atoms. The van der Waals surface area contributed by atoms with E-state index < -0.39 is 15.3 Å². The molecule has 1 amide bonds. The minimum absolute atomic E-state index is 0. The second-order valence-electron chi connectivity index (χ2n) is 7.71. The van der Waals surface area contributed by atoms with E-state index in [4.69, 9.17) is 0 Å². The lowest BCUT2D eigenvalue weighted by molar-refractivity contribution is -0.127. The first-order valence-electron chi connectivity index (χ1n) is 10.1. The molecule has 1 unspecified atom stereocenters. The van der Waals surface area contributed by atoms with Crippen molar-refractivity contribution < 1.29 is 13.2 Å². The minimum atomic E-state index is -3.35. The van der Waals surface area contributed by atoms with Gasteiger partial charge in [0.25, 0.3) is 0 Å². The van der Waals surface area contributed by atoms with Crippen molar-refractivity contribution in [2.24, 2.45) is 4.99 Å². The molecule has 0 aromatic rings. The van der Waals surface area contributed by atoms with E-state index in [1.807, 2.05) is 4.90 Å². The summed E-state index contributed by atoms with van der Waals surface area (Å²) in [5.41, 5.74) is 0. The molecule has 2 N–H and O–H groups in total. The Morgan fingerprint density at radius 1 is 1.18 bits per heavy atom. The Kier molecular flexibility index (Phi) is 11.0. The molecule has 10 heteroatoms. The van der Waals surface area contributed by atoms with E-state index in [0.29, 0.717) is 18.9 Å². The average molecular weight is 529 g/mol. The van der Waals surface area contributed by atoms with Crippen molar-refractivity contribution in [3.63, 3.8) is 0 Å². The van der Waals surface area contributed by atoms with Crippen LogP contribution in [0.4, 0.5) is 0 Å². The molecular formula is C18H36IN5O3S. The van der Waals surface area contributed by atoms with Gasteiger partial charge in [-0.25, -0.2) is 18.1 Å². The Balaban J connectivity index is 0.00000392. The molecule has 0 bridgehead atoms. The smallest absolute Gasteiger partial charge is 0.243 e. The number of hydrogen-bond acceptors (Lipinski definition) is 4. The Morgan fingerprint density at radius 2 is 1.86 bits per heavy atom. The molecule has 0 radical (unpaired) electrons. The van der Waals surface area contributed by atoms with Crippen molar-refractivity contribution in [1.82, 2.24) is 19.8 Å². The molecule has 8 nitrogen and oxygen atoms in total. The number of guanidine groups is 1. The predicted molar refractivity (Wildman–Crippen MR) is 124 cm³/mol. The summed E-state index contributed by atoms with van der Waals surface area (Å²) in [6.07, 6.45) is 6.46. The van der Waals surface area contributed by atoms with E-state index in [2.05, 4.69) is 22.0 Å². The highest BCUT2D eigenvalue weighted by atomic mass is 127. The number of piperidine rings is 1. The number of carbonyl (C=O) groups is 1. The summed E-state index contributed by atoms with van der Waals surface area (Å²) in [6, 6.07) is 0.0921. The Labute approximate surface area is 187 Å². The third kappa shape index (κ3) is 7.66. The van der Waals surface area contributed by atoms with Crippen LogP contribution < -0.4 is 10.0 Å². The average Bonchev–Trinajstić information content (AvgIpc) is 3.14. The third-order valence-electron chi connectivity index (χ3n) is 5.20. The summed E-state index contributed by atoms with van der Waals surface area (Å²) in [5, 5.41) is 2.83. The zero-order valence-corrected chi connectivity index (χ0v) is 20.5. The number of rotatable bonds is 7. The van der Waals surface area contributed by atoms with Gasteiger partial charge < -0.3 is 15.1 Å². The van der Waals surface area contributed by atoms with E-state index in [1.165, 1.54) is 4.90 Å². The van der Waals surface area contributed by atoms with Gasteiger partial charge >= 0.3 is 0 Å². The van der Waals surface area contributed by atoms with Crippen LogP contribution in [0.1, 0.15) is 51.9 Å². The van der Waals surface area contributed by atoms with Crippen LogP contribution in [-0.4, -0.2) is 81.7 Å². The summed E-state index contributed by atoms with van der Waals surface area (Å²) in [4.78, 5) is 19.8. The lowest BCUT2D eigenvalue weighted by atomic mass is 10.1. The van der Waals surface area contributed by atoms with Crippen LogP contribution in [0.5, 0.6) is 0 Å². The maximum atomic E-state index is 12.8. The van der Waals surface area contributed by atoms with Gasteiger partial charge in [-0.15, -0.1) is 24.0 Å². The Morgan fingerprint density at radius 3 is 2.46 bits per heavy atom. The lowest BCUT2D eigenvalue weighted by Gasteiger charge is -2.35. The van der Waals surface area contributed by atoms with Gasteiger partial charge in [-0.3, -0.25) is 4.79 Å². The highest BCUT2D eigenvalue weighted by Gasteiger charge is 2.34. The molecule has 1 aliphatic heterocycles. The number of amides is 1. The van der Waals surface area contributed by atoms with Crippen molar-refractivity contribution in [2.45, 2.75) is 63.2 Å². The highest BCUT2D eigenvalue weighted by molar-refractivity contribution is 14.0. The predicted octanol–water partition coefficient (Wildman–Crippen LogP) is 1.37. The molecule has 1 heterocycles. The molecule has 0 aromatic heterocycles. The fraction of sp³-hybridized carbons (Fsp3) is 0.889. The second-order valence-corrected chi connectivity index (χ2v) is 9.70. The number of sulfonamides is 1. The molecule has 1 aliphatic carbocycles. The number of hydrogen-bond donors (Lipinski definition) is 2. The molecule has 1 saturated carbocycles. The number of nitrogens with zero attached hydrogens (tertiary/aromatic N) is 3. The summed E-state index contributed by atoms with van der Waals surface area (Å²) in [6.45, 7) is 4.02. The summed E-state index contributed by atoms with van der Waals surface area (Å²) in [5.74, 6) is 0.558. The maximum Gasteiger partial charge on any atom is 0.243 e. The van der Waals surface area contributed by atoms with Gasteiger partial charge in [0.2, 0.25) is 15.9 Å². The number of carbonyl (C=O) groups excluding carboxylic acids is 1. The number of nitrogens with one attached hydrogen (secondary N) is 2. The molecule has 0 aromatic carbocycles. The van der Waals surface area contributed by atoms with Crippen LogP contribution in [0.25, 0.3) is 0 Å². The van der Waals surface area contributed by atoms with Crippen molar-refractivity contribution in [1.29, 1.82) is 0 Å². The number of halogens is 1. The van der Waals surface area contributed by atoms with Gasteiger partial charge in [-0.1, -0.05) is 19.8 Å². The van der Waals surface area contributed by atoms with E-state index in [-0.39, 0.29) is 42.5 Å². The fourth-order valence-corrected chi connectivity index (χ4v) is 5.29. The molecule has 1 atom stereocenters. The van der Waals surface area contributed by atoms with Gasteiger partial charge in [0.1, 0.15) is 6.54 Å². The van der Waals surface area contributed by atoms with Crippen molar-refractivity contribution in [3.8, 4) is 0 Å². The van der Waals surface area contributed by atoms with E-state index in [1.54, 1.807) is 14.1 Å². The molecule has 0 spiro atoms. The van der Waals surface area contributed by atoms with Crippen molar-refractivity contribution in [3.05, 3.63) is 0 Å². The zero-order valence-electron chi connectivity index (χ0n) is 17.3. The largest absolute Gasteiger partial charge is 0.356 e. The van der Waals surface area contributed by atoms with Gasteiger partial charge in [0.05, 0.1) is 5.25 Å². The first kappa shape index (κ1) is 25.4. The van der Waals surface area contributed by atoms with Gasteiger partial charge in [-0.05, 0) is 32.1 Å². The third-order valence-corrected chi connectivity index (χ3v) is 7.12. The topological polar surface area (TPSA) is 94.1 Å². The second kappa shape index (κ2) is 12.2. The van der Waals surface area contributed by atoms with Crippen LogP contribution in [0.15, 0.2) is 4.99 Å². The van der Waals surface area contributed by atoms with E-state index in [9.17, 15) is 13.2 Å². The SMILES string of the molecule is CCCNC(=NCC(=O)N(C)C)N1CCCC(S(=O)(=O)NC2CCCC2)C1.I. The lowest BCUT2D eigenvalue weighted by Crippen LogP contribution is -2.53. The maximum absolute atomic E-state index is 12.8. The Bertz CT molecular complexity index is 621. The van der Waals surface area contributed by atoms with Gasteiger partial charge in [0, 0.05) is 39.8 Å². The van der Waals surface area contributed by atoms with Crippen molar-refractivity contribution >= 4 is 45.9 Å². The molecule has 2 fully saturated rings. The quantitative estimate of drug-likeness (QED) is 0.295. The van der Waals surface area contributed by atoms with E-state index >= 15 is 0 Å². The first-order chi connectivity index (χ1) is 12.8. The number of likely N-dealkylation sites (N-methyl/N-ethyl adjacent to an activating group) is 1. The number of likely N-dealkylation sites (tertiary alicyclic amines) is 1. The monoisotopic (exact) mass is 529 g/mol. The summed E-state index contributed by atoms with van der Waals surface area (Å²) < 4.78 is 28.6. The van der Waals surface area contributed by atoms with Crippen LogP contribution in [0.3, 0.4) is 0 Å². The highest BCUT2D eigenvalue weighted by Crippen LogP contribution is 2.22. The minimum Gasteiger partial charge on any atom is -0.356 e. The zero-order chi connectivity index (χ0) is 19.9. The van der Waals surface area contributed by atoms with E-state index in [0.717, 1.165) is 51.6 Å². The van der Waals surface area contributed by atoms with Crippen LogP contribution in [0, 0.1) is 0 Å². The van der Waals surface area contributed by atoms with Gasteiger partial charge in [-0.2, -0.15) is 0 Å². The standard InChI is InChI=1S/C18H35N5O3S.HI/c1-4-11-19-18(20-13-17(24)22(2)3)23-12-7-10-16(14-23)27(25,26)21-15-8-5-6-9-15;/h15-16,21H,4-14H2,1-3H3,(H,19,20);1H. The van der Waals surface area contributed by atoms with Crippen molar-refractivity contribution in [2.75, 3.05) is 40.3 Å². The summed E-state index contributed by atoms with van der Waals surface area (Å²) in [7, 11) is 0.0591. The van der Waals surface area contributed by atoms with Crippen LogP contribution in [0.2, 0.25) is 0 Å². The Hall–Kier alpha value is -0.620. The molecule has 2 rings (SSSR count). The molecule has 1 saturated heterocycles. The van der Waals surface area contributed by atoms with Crippen LogP contribution >= 0.6 is 24.0 Å². The normalized spacial score (nSPS) is 21.3. The molecule has 2 aliphatic rings.